The third-order valence-corrected chi connectivity index (χ3v) is 8.76. The molecule has 3 unspecified atom stereocenters. The molecule has 1 fully saturated rings. The first kappa shape index (κ1) is 38.5. The highest BCUT2D eigenvalue weighted by Gasteiger charge is 2.43. The van der Waals surface area contributed by atoms with Gasteiger partial charge in [0.2, 0.25) is 17.7 Å². The summed E-state index contributed by atoms with van der Waals surface area (Å²) in [6, 6.07) is 10.7. The number of ether oxygens (including phenoxy) is 2. The van der Waals surface area contributed by atoms with Crippen molar-refractivity contribution in [1.82, 2.24) is 16.0 Å². The van der Waals surface area contributed by atoms with Crippen LogP contribution in [0.4, 0.5) is 0 Å². The number of halogens is 1. The molecule has 3 amide bonds. The van der Waals surface area contributed by atoms with E-state index < -0.39 is 41.2 Å². The molecule has 262 valence electrons. The quantitative estimate of drug-likeness (QED) is 0.114. The van der Waals surface area contributed by atoms with Crippen molar-refractivity contribution >= 4 is 35.3 Å². The normalized spacial score (nSPS) is 17.8. The van der Waals surface area contributed by atoms with Gasteiger partial charge in [-0.2, -0.15) is 0 Å². The molecule has 0 bridgehead atoms. The highest BCUT2D eigenvalue weighted by atomic mass is 35.5. The van der Waals surface area contributed by atoms with E-state index in [0.717, 1.165) is 17.5 Å². The molecular formula is C36H48ClN3O8. The number of methoxy groups -OCH3 is 1. The van der Waals surface area contributed by atoms with Gasteiger partial charge in [-0.05, 0) is 73.4 Å². The van der Waals surface area contributed by atoms with Crippen molar-refractivity contribution in [2.24, 2.45) is 17.3 Å². The molecule has 5 atom stereocenters. The van der Waals surface area contributed by atoms with E-state index in [1.54, 1.807) is 52.0 Å². The minimum atomic E-state index is -1.14. The maximum Gasteiger partial charge on any atom is 0.326 e. The Morgan fingerprint density at radius 2 is 1.71 bits per heavy atom. The molecule has 1 aliphatic rings. The van der Waals surface area contributed by atoms with E-state index in [2.05, 4.69) is 22.9 Å². The van der Waals surface area contributed by atoms with Crippen LogP contribution in [0.15, 0.2) is 54.6 Å². The van der Waals surface area contributed by atoms with Gasteiger partial charge in [-0.1, -0.05) is 68.8 Å². The van der Waals surface area contributed by atoms with Crippen LogP contribution in [-0.4, -0.2) is 65.7 Å². The summed E-state index contributed by atoms with van der Waals surface area (Å²) in [6.45, 7) is 8.60. The number of amides is 3. The van der Waals surface area contributed by atoms with Crippen molar-refractivity contribution in [2.45, 2.75) is 84.8 Å². The SMILES string of the molecule is COc1ccc(C[C@@H](NC(=O)/C=C/CC[C@H](C)C2OC2c2ccc(CO)cc2)C(=O)NCC(C)(C)C(=O)NC(C(=O)O)C(C)C)cc1Cl. The number of hydrogen-bond acceptors (Lipinski definition) is 7. The number of allylic oxidation sites excluding steroid dienone is 1. The van der Waals surface area contributed by atoms with Crippen LogP contribution in [0.25, 0.3) is 0 Å². The van der Waals surface area contributed by atoms with Crippen LogP contribution in [0.1, 0.15) is 70.3 Å². The first-order valence-corrected chi connectivity index (χ1v) is 16.5. The lowest BCUT2D eigenvalue weighted by molar-refractivity contribution is -0.144. The number of carbonyl (C=O) groups excluding carboxylic acids is 3. The predicted octanol–water partition coefficient (Wildman–Crippen LogP) is 4.35. The summed E-state index contributed by atoms with van der Waals surface area (Å²) in [5, 5.41) is 27.1. The third-order valence-electron chi connectivity index (χ3n) is 8.46. The fourth-order valence-corrected chi connectivity index (χ4v) is 5.49. The molecule has 0 aliphatic carbocycles. The Bertz CT molecular complexity index is 1460. The van der Waals surface area contributed by atoms with Gasteiger partial charge < -0.3 is 35.6 Å². The van der Waals surface area contributed by atoms with Crippen LogP contribution in [0.5, 0.6) is 5.75 Å². The van der Waals surface area contributed by atoms with E-state index in [-0.39, 0.29) is 43.6 Å². The average molecular weight is 686 g/mol. The second-order valence-electron chi connectivity index (χ2n) is 13.2. The first-order chi connectivity index (χ1) is 22.7. The maximum atomic E-state index is 13.4. The van der Waals surface area contributed by atoms with Gasteiger partial charge in [0.05, 0.1) is 30.3 Å². The van der Waals surface area contributed by atoms with Gasteiger partial charge in [0.15, 0.2) is 0 Å². The van der Waals surface area contributed by atoms with Crippen LogP contribution in [0, 0.1) is 17.3 Å². The van der Waals surface area contributed by atoms with E-state index in [9.17, 15) is 29.4 Å². The lowest BCUT2D eigenvalue weighted by Crippen LogP contribution is -2.54. The Balaban J connectivity index is 1.60. The highest BCUT2D eigenvalue weighted by molar-refractivity contribution is 6.32. The molecule has 3 rings (SSSR count). The van der Waals surface area contributed by atoms with Crippen LogP contribution in [-0.2, 0) is 36.9 Å². The topological polar surface area (TPSA) is 167 Å². The van der Waals surface area contributed by atoms with Crippen molar-refractivity contribution in [1.29, 1.82) is 0 Å². The Labute approximate surface area is 287 Å². The van der Waals surface area contributed by atoms with Crippen molar-refractivity contribution in [2.75, 3.05) is 13.7 Å². The predicted molar refractivity (Wildman–Crippen MR) is 182 cm³/mol. The highest BCUT2D eigenvalue weighted by Crippen LogP contribution is 2.44. The summed E-state index contributed by atoms with van der Waals surface area (Å²) < 4.78 is 11.1. The molecular weight excluding hydrogens is 638 g/mol. The van der Waals surface area contributed by atoms with E-state index in [1.807, 2.05) is 24.3 Å². The first-order valence-electron chi connectivity index (χ1n) is 16.1. The summed E-state index contributed by atoms with van der Waals surface area (Å²) in [4.78, 5) is 50.9. The molecule has 0 aromatic heterocycles. The van der Waals surface area contributed by atoms with Crippen molar-refractivity contribution in [3.63, 3.8) is 0 Å². The Kier molecular flexibility index (Phi) is 14.0. The summed E-state index contributed by atoms with van der Waals surface area (Å²) in [5.41, 5.74) is 1.47. The summed E-state index contributed by atoms with van der Waals surface area (Å²) in [6.07, 6.45) is 4.82. The van der Waals surface area contributed by atoms with E-state index in [0.29, 0.717) is 22.8 Å². The second-order valence-corrected chi connectivity index (χ2v) is 13.7. The van der Waals surface area contributed by atoms with Crippen molar-refractivity contribution in [3.05, 3.63) is 76.3 Å². The zero-order valence-corrected chi connectivity index (χ0v) is 29.2. The number of hydrogen-bond donors (Lipinski definition) is 5. The molecule has 2 aromatic carbocycles. The van der Waals surface area contributed by atoms with Crippen LogP contribution in [0.3, 0.4) is 0 Å². The summed E-state index contributed by atoms with van der Waals surface area (Å²) >= 11 is 6.30. The molecule has 12 heteroatoms. The monoisotopic (exact) mass is 685 g/mol. The van der Waals surface area contributed by atoms with Gasteiger partial charge in [-0.15, -0.1) is 0 Å². The number of aliphatic carboxylic acids is 1. The minimum absolute atomic E-state index is 0.00119. The van der Waals surface area contributed by atoms with Crippen molar-refractivity contribution < 1.29 is 38.9 Å². The number of benzene rings is 2. The Morgan fingerprint density at radius 3 is 2.29 bits per heavy atom. The molecule has 1 heterocycles. The standard InChI is InChI=1S/C36H48ClN3O8/c1-21(2)30(34(44)45)40-35(46)36(4,5)20-38-33(43)27(18-24-13-16-28(47-6)26(37)17-24)39-29(42)10-8-7-9-22(3)31-32(48-31)25-14-11-23(19-41)12-15-25/h8,10-17,21-22,27,30-32,41H,7,9,18-20H2,1-6H3,(H,38,43)(H,39,42)(H,40,46)(H,44,45)/b10-8+/t22-,27+,30?,31?,32?/m0/s1. The van der Waals surface area contributed by atoms with Gasteiger partial charge >= 0.3 is 5.97 Å². The summed E-state index contributed by atoms with van der Waals surface area (Å²) in [5.74, 6) is -2.24. The average Bonchev–Trinajstić information content (AvgIpc) is 3.85. The minimum Gasteiger partial charge on any atom is -0.495 e. The van der Waals surface area contributed by atoms with Gasteiger partial charge in [-0.25, -0.2) is 4.79 Å². The second kappa shape index (κ2) is 17.5. The maximum absolute atomic E-state index is 13.4. The smallest absolute Gasteiger partial charge is 0.326 e. The van der Waals surface area contributed by atoms with Crippen molar-refractivity contribution in [3.8, 4) is 5.75 Å². The van der Waals surface area contributed by atoms with Gasteiger partial charge in [0.1, 0.15) is 23.9 Å². The number of nitrogens with one attached hydrogen (secondary N) is 3. The van der Waals surface area contributed by atoms with E-state index in [4.69, 9.17) is 21.1 Å². The van der Waals surface area contributed by atoms with Crippen LogP contribution >= 0.6 is 11.6 Å². The molecule has 1 aliphatic heterocycles. The molecule has 48 heavy (non-hydrogen) atoms. The number of carboxylic acids is 1. The van der Waals surface area contributed by atoms with E-state index >= 15 is 0 Å². The lowest BCUT2D eigenvalue weighted by Gasteiger charge is -2.28. The zero-order chi connectivity index (χ0) is 35.6. The number of epoxide rings is 1. The lowest BCUT2D eigenvalue weighted by atomic mass is 9.90. The fraction of sp³-hybridized carbons (Fsp3) is 0.500. The molecule has 5 N–H and O–H groups in total. The molecule has 0 spiro atoms. The number of rotatable bonds is 18. The number of aliphatic hydroxyl groups is 1. The molecule has 11 nitrogen and oxygen atoms in total. The third kappa shape index (κ3) is 11.1. The largest absolute Gasteiger partial charge is 0.495 e. The van der Waals surface area contributed by atoms with Crippen LogP contribution in [0.2, 0.25) is 5.02 Å². The number of carboxylic acid groups (broad SMARTS) is 1. The Hall–Kier alpha value is -3.93. The van der Waals surface area contributed by atoms with Crippen LogP contribution < -0.4 is 20.7 Å². The number of aliphatic hydroxyl groups excluding tert-OH is 1. The number of carbonyl (C=O) groups is 4. The molecule has 2 aromatic rings. The van der Waals surface area contributed by atoms with Gasteiger partial charge in [0.25, 0.3) is 0 Å². The summed E-state index contributed by atoms with van der Waals surface area (Å²) in [7, 11) is 1.50. The Morgan fingerprint density at radius 1 is 1.04 bits per heavy atom. The van der Waals surface area contributed by atoms with Gasteiger partial charge in [-0.3, -0.25) is 14.4 Å². The van der Waals surface area contributed by atoms with Gasteiger partial charge in [0, 0.05) is 13.0 Å². The molecule has 0 radical (unpaired) electrons. The van der Waals surface area contributed by atoms with E-state index in [1.165, 1.54) is 13.2 Å². The zero-order valence-electron chi connectivity index (χ0n) is 28.4. The molecule has 0 saturated carbocycles. The fourth-order valence-electron chi connectivity index (χ4n) is 5.21. The molecule has 1 saturated heterocycles.